The van der Waals surface area contributed by atoms with Gasteiger partial charge in [0.05, 0.1) is 23.1 Å². The van der Waals surface area contributed by atoms with E-state index >= 15 is 0 Å². The van der Waals surface area contributed by atoms with E-state index < -0.39 is 28.7 Å². The van der Waals surface area contributed by atoms with Crippen LogP contribution in [0.3, 0.4) is 0 Å². The maximum absolute atomic E-state index is 13.4. The number of H-pyrrole nitrogens is 1. The van der Waals surface area contributed by atoms with Crippen molar-refractivity contribution >= 4 is 22.8 Å². The summed E-state index contributed by atoms with van der Waals surface area (Å²) >= 11 is 0. The molecule has 2 aliphatic heterocycles. The average molecular weight is 360 g/mol. The van der Waals surface area contributed by atoms with Gasteiger partial charge in [0, 0.05) is 37.1 Å². The van der Waals surface area contributed by atoms with Gasteiger partial charge in [-0.25, -0.2) is 4.39 Å². The third-order valence-corrected chi connectivity index (χ3v) is 5.46. The van der Waals surface area contributed by atoms with Crippen molar-refractivity contribution in [1.82, 2.24) is 9.88 Å². The number of nitrogens with zero attached hydrogens (tertiary/aromatic N) is 1. The second kappa shape index (κ2) is 5.91. The molecule has 0 aliphatic carbocycles. The number of carbonyl (C=O) groups excluding carboxylic acids is 1. The highest BCUT2D eigenvalue weighted by molar-refractivity contribution is 6.06. The molecule has 2 N–H and O–H groups in total. The van der Waals surface area contributed by atoms with E-state index in [0.717, 1.165) is 6.07 Å². The summed E-state index contributed by atoms with van der Waals surface area (Å²) in [5.74, 6) is -2.17. The maximum atomic E-state index is 13.4. The summed E-state index contributed by atoms with van der Waals surface area (Å²) in [4.78, 5) is 40.8. The third kappa shape index (κ3) is 2.48. The number of nitrogens with one attached hydrogen (secondary N) is 1. The van der Waals surface area contributed by atoms with Crippen molar-refractivity contribution in [3.8, 4) is 0 Å². The number of carbonyl (C=O) groups is 2. The highest BCUT2D eigenvalue weighted by Gasteiger charge is 2.55. The number of amides is 1. The van der Waals surface area contributed by atoms with Crippen LogP contribution in [0.2, 0.25) is 0 Å². The third-order valence-electron chi connectivity index (χ3n) is 5.46. The highest BCUT2D eigenvalue weighted by Crippen LogP contribution is 2.43. The zero-order valence-corrected chi connectivity index (χ0v) is 13.8. The molecule has 3 heterocycles. The monoisotopic (exact) mass is 360 g/mol. The first-order valence-electron chi connectivity index (χ1n) is 8.34. The van der Waals surface area contributed by atoms with Crippen molar-refractivity contribution in [3.63, 3.8) is 0 Å². The number of hydrogen-bond donors (Lipinski definition) is 2. The average Bonchev–Trinajstić information content (AvgIpc) is 3.01. The Bertz CT molecular complexity index is 972. The second-order valence-corrected chi connectivity index (χ2v) is 6.91. The lowest BCUT2D eigenvalue weighted by molar-refractivity contribution is -0.157. The Hall–Kier alpha value is -2.74. The van der Waals surface area contributed by atoms with Crippen LogP contribution in [0.15, 0.2) is 29.1 Å². The topological polar surface area (TPSA) is 99.7 Å². The molecule has 0 bridgehead atoms. The van der Waals surface area contributed by atoms with Crippen LogP contribution < -0.4 is 5.56 Å². The van der Waals surface area contributed by atoms with E-state index in [0.29, 0.717) is 18.4 Å². The van der Waals surface area contributed by atoms with Gasteiger partial charge in [0.25, 0.3) is 5.91 Å². The van der Waals surface area contributed by atoms with Crippen molar-refractivity contribution in [2.24, 2.45) is 11.3 Å². The maximum Gasteiger partial charge on any atom is 0.311 e. The molecule has 136 valence electrons. The van der Waals surface area contributed by atoms with Gasteiger partial charge in [0.15, 0.2) is 0 Å². The number of aromatic nitrogens is 1. The van der Waals surface area contributed by atoms with Crippen LogP contribution in [0.5, 0.6) is 0 Å². The van der Waals surface area contributed by atoms with E-state index in [-0.39, 0.29) is 36.7 Å². The van der Waals surface area contributed by atoms with Gasteiger partial charge in [-0.3, -0.25) is 14.4 Å². The first kappa shape index (κ1) is 16.7. The SMILES string of the molecule is O=C(c1cc(=O)[nH]c2cc(F)ccc12)N1C[C@H]2COCC[C@@]2(C(=O)O)C1. The number of carboxylic acid groups (broad SMARTS) is 1. The van der Waals surface area contributed by atoms with Crippen LogP contribution in [0.1, 0.15) is 16.8 Å². The van der Waals surface area contributed by atoms with Crippen LogP contribution in [-0.2, 0) is 9.53 Å². The first-order valence-corrected chi connectivity index (χ1v) is 8.34. The minimum atomic E-state index is -1.02. The largest absolute Gasteiger partial charge is 0.481 e. The summed E-state index contributed by atoms with van der Waals surface area (Å²) in [6, 6.07) is 4.99. The number of carboxylic acids is 1. The lowest BCUT2D eigenvalue weighted by atomic mass is 9.74. The molecular formula is C18H17FN2O5. The number of likely N-dealkylation sites (tertiary alicyclic amines) is 1. The molecule has 26 heavy (non-hydrogen) atoms. The van der Waals surface area contributed by atoms with Crippen molar-refractivity contribution < 1.29 is 23.8 Å². The number of ether oxygens (including phenoxy) is 1. The van der Waals surface area contributed by atoms with E-state index in [1.165, 1.54) is 23.1 Å². The van der Waals surface area contributed by atoms with E-state index in [2.05, 4.69) is 4.98 Å². The fourth-order valence-corrected chi connectivity index (χ4v) is 4.03. The number of fused-ring (bicyclic) bond motifs is 2. The number of hydrogen-bond acceptors (Lipinski definition) is 4. The Morgan fingerprint density at radius 1 is 1.35 bits per heavy atom. The molecular weight excluding hydrogens is 343 g/mol. The van der Waals surface area contributed by atoms with Crippen molar-refractivity contribution in [2.45, 2.75) is 6.42 Å². The first-order chi connectivity index (χ1) is 12.4. The molecule has 0 saturated carbocycles. The van der Waals surface area contributed by atoms with Gasteiger partial charge in [0.2, 0.25) is 5.56 Å². The van der Waals surface area contributed by atoms with Gasteiger partial charge < -0.3 is 19.7 Å². The van der Waals surface area contributed by atoms with E-state index in [4.69, 9.17) is 4.74 Å². The Morgan fingerprint density at radius 2 is 2.15 bits per heavy atom. The van der Waals surface area contributed by atoms with E-state index in [1.54, 1.807) is 0 Å². The fraction of sp³-hybridized carbons (Fsp3) is 0.389. The second-order valence-electron chi connectivity index (χ2n) is 6.91. The highest BCUT2D eigenvalue weighted by atomic mass is 19.1. The molecule has 0 unspecified atom stereocenters. The molecule has 2 fully saturated rings. The lowest BCUT2D eigenvalue weighted by Crippen LogP contribution is -2.45. The minimum absolute atomic E-state index is 0.0741. The molecule has 7 nitrogen and oxygen atoms in total. The summed E-state index contributed by atoms with van der Waals surface area (Å²) in [5, 5.41) is 10.1. The quantitative estimate of drug-likeness (QED) is 0.839. The lowest BCUT2D eigenvalue weighted by Gasteiger charge is -2.33. The zero-order chi connectivity index (χ0) is 18.5. The molecule has 2 saturated heterocycles. The van der Waals surface area contributed by atoms with Crippen molar-refractivity contribution in [1.29, 1.82) is 0 Å². The zero-order valence-electron chi connectivity index (χ0n) is 13.8. The molecule has 2 aliphatic rings. The van der Waals surface area contributed by atoms with Gasteiger partial charge >= 0.3 is 5.97 Å². The molecule has 1 amide bonds. The molecule has 0 spiro atoms. The van der Waals surface area contributed by atoms with Crippen LogP contribution in [0.25, 0.3) is 10.9 Å². The predicted molar refractivity (Wildman–Crippen MR) is 89.4 cm³/mol. The van der Waals surface area contributed by atoms with Gasteiger partial charge in [-0.15, -0.1) is 0 Å². The minimum Gasteiger partial charge on any atom is -0.481 e. The number of rotatable bonds is 2. The Labute approximate surface area is 147 Å². The van der Waals surface area contributed by atoms with Gasteiger partial charge in [-0.05, 0) is 24.6 Å². The van der Waals surface area contributed by atoms with Gasteiger partial charge in [-0.1, -0.05) is 0 Å². The molecule has 2 atom stereocenters. The summed E-state index contributed by atoms with van der Waals surface area (Å²) in [6.07, 6.45) is 0.345. The standard InChI is InChI=1S/C18H17FN2O5/c19-11-1-2-12-13(6-15(22)20-14(12)5-11)16(23)21-7-10-8-26-4-3-18(10,9-21)17(24)25/h1-2,5-6,10H,3-4,7-9H2,(H,20,22)(H,24,25)/t10-,18+/m0/s1. The smallest absolute Gasteiger partial charge is 0.311 e. The fourth-order valence-electron chi connectivity index (χ4n) is 4.03. The molecule has 2 aromatic rings. The Morgan fingerprint density at radius 3 is 2.88 bits per heavy atom. The predicted octanol–water partition coefficient (Wildman–Crippen LogP) is 1.23. The normalized spacial score (nSPS) is 25.3. The number of pyridine rings is 1. The van der Waals surface area contributed by atoms with Crippen molar-refractivity contribution in [2.75, 3.05) is 26.3 Å². The van der Waals surface area contributed by atoms with Crippen molar-refractivity contribution in [3.05, 3.63) is 46.0 Å². The molecule has 1 aromatic heterocycles. The summed E-state index contributed by atoms with van der Waals surface area (Å²) < 4.78 is 18.8. The number of benzene rings is 1. The molecule has 8 heteroatoms. The molecule has 1 aromatic carbocycles. The Kier molecular flexibility index (Phi) is 3.80. The summed E-state index contributed by atoms with van der Waals surface area (Å²) in [5.41, 5.74) is -1.16. The van der Waals surface area contributed by atoms with Gasteiger partial charge in [-0.2, -0.15) is 0 Å². The van der Waals surface area contributed by atoms with Crippen LogP contribution >= 0.6 is 0 Å². The number of halogens is 1. The van der Waals surface area contributed by atoms with E-state index in [9.17, 15) is 23.9 Å². The van der Waals surface area contributed by atoms with Crippen LogP contribution in [0, 0.1) is 17.2 Å². The summed E-state index contributed by atoms with van der Waals surface area (Å²) in [7, 11) is 0. The van der Waals surface area contributed by atoms with Crippen LogP contribution in [-0.4, -0.2) is 53.2 Å². The number of aliphatic carboxylic acids is 1. The summed E-state index contributed by atoms with van der Waals surface area (Å²) in [6.45, 7) is 0.959. The van der Waals surface area contributed by atoms with E-state index in [1.807, 2.05) is 0 Å². The molecule has 0 radical (unpaired) electrons. The van der Waals surface area contributed by atoms with Crippen LogP contribution in [0.4, 0.5) is 4.39 Å². The van der Waals surface area contributed by atoms with Gasteiger partial charge in [0.1, 0.15) is 5.82 Å². The Balaban J connectivity index is 1.74. The number of aromatic amines is 1. The molecule has 4 rings (SSSR count).